The largest absolute Gasteiger partial charge is 0.756 e. The molecule has 5 nitrogen and oxygen atoms in total. The van der Waals surface area contributed by atoms with Gasteiger partial charge in [-0.05, 0) is 25.7 Å². The first-order valence-electron chi connectivity index (χ1n) is 19.1. The Morgan fingerprint density at radius 1 is 0.419 bits per heavy atom. The molecule has 0 amide bonds. The second-order valence-corrected chi connectivity index (χ2v) is 15.4. The fraction of sp³-hybridized carbons (Fsp3) is 1.00. The lowest BCUT2D eigenvalue weighted by molar-refractivity contribution is -0.870. The molecule has 0 unspecified atom stereocenters. The Hall–Kier alpha value is 0.0700. The SMILES string of the molecule is CCCCCCCCCCCCOP(=O)([O-])OCCCCCCCCCCCC.CCCCCCCCCC[N+](C)(C)C. The number of rotatable bonds is 33. The molecule has 0 N–H and O–H groups in total. The Labute approximate surface area is 271 Å². The van der Waals surface area contributed by atoms with Crippen LogP contribution in [-0.4, -0.2) is 45.4 Å². The van der Waals surface area contributed by atoms with Gasteiger partial charge >= 0.3 is 0 Å². The zero-order valence-electron chi connectivity index (χ0n) is 30.4. The van der Waals surface area contributed by atoms with Crippen LogP contribution in [0.3, 0.4) is 0 Å². The quantitative estimate of drug-likeness (QED) is 0.0410. The lowest BCUT2D eigenvalue weighted by Crippen LogP contribution is -2.35. The average Bonchev–Trinajstić information content (AvgIpc) is 2.96. The monoisotopic (exact) mass is 634 g/mol. The maximum absolute atomic E-state index is 11.7. The normalized spacial score (nSPS) is 12.0. The first-order valence-corrected chi connectivity index (χ1v) is 20.5. The summed E-state index contributed by atoms with van der Waals surface area (Å²) in [5.41, 5.74) is 0. The number of hydrogen-bond donors (Lipinski definition) is 0. The Morgan fingerprint density at radius 3 is 0.907 bits per heavy atom. The summed E-state index contributed by atoms with van der Waals surface area (Å²) in [6.45, 7) is 8.61. The van der Waals surface area contributed by atoms with Gasteiger partial charge in [-0.15, -0.1) is 0 Å². The van der Waals surface area contributed by atoms with Gasteiger partial charge in [0.2, 0.25) is 0 Å². The van der Waals surface area contributed by atoms with Crippen molar-refractivity contribution < 1.29 is 23.0 Å². The highest BCUT2D eigenvalue weighted by Crippen LogP contribution is 2.38. The van der Waals surface area contributed by atoms with Crippen LogP contribution in [0.25, 0.3) is 0 Å². The van der Waals surface area contributed by atoms with Crippen LogP contribution in [-0.2, 0) is 13.6 Å². The highest BCUT2D eigenvalue weighted by Gasteiger charge is 2.08. The van der Waals surface area contributed by atoms with E-state index in [0.717, 1.165) is 30.2 Å². The second-order valence-electron chi connectivity index (χ2n) is 14.0. The van der Waals surface area contributed by atoms with E-state index in [4.69, 9.17) is 9.05 Å². The van der Waals surface area contributed by atoms with Gasteiger partial charge in [0.15, 0.2) is 0 Å². The molecule has 0 aromatic carbocycles. The maximum atomic E-state index is 11.7. The molecule has 0 rings (SSSR count). The van der Waals surface area contributed by atoms with E-state index in [1.54, 1.807) is 0 Å². The van der Waals surface area contributed by atoms with Crippen molar-refractivity contribution in [1.82, 2.24) is 0 Å². The van der Waals surface area contributed by atoms with E-state index in [0.29, 0.717) is 0 Å². The van der Waals surface area contributed by atoms with Crippen LogP contribution in [0.1, 0.15) is 201 Å². The standard InChI is InChI=1S/C24H51O4P.C13H30N/c1-3-5-7-9-11-13-15-17-19-21-23-27-29(25,26)28-24-22-20-18-16-14-12-10-8-6-4-2;1-5-6-7-8-9-10-11-12-13-14(2,3)4/h3-24H2,1-2H3,(H,25,26);5-13H2,1-4H3/q;+1/p-1. The topological polar surface area (TPSA) is 58.6 Å². The number of quaternary nitrogens is 1. The van der Waals surface area contributed by atoms with Crippen molar-refractivity contribution in [3.05, 3.63) is 0 Å². The molecule has 43 heavy (non-hydrogen) atoms. The number of hydrogen-bond acceptors (Lipinski definition) is 4. The lowest BCUT2D eigenvalue weighted by atomic mass is 10.1. The molecule has 0 aliphatic carbocycles. The van der Waals surface area contributed by atoms with E-state index in [-0.39, 0.29) is 13.2 Å². The maximum Gasteiger partial charge on any atom is 0.267 e. The summed E-state index contributed by atoms with van der Waals surface area (Å²) in [6.07, 6.45) is 35.9. The van der Waals surface area contributed by atoms with Gasteiger partial charge in [0.1, 0.15) is 0 Å². The summed E-state index contributed by atoms with van der Waals surface area (Å²) in [4.78, 5) is 11.7. The molecule has 6 heteroatoms. The van der Waals surface area contributed by atoms with Gasteiger partial charge < -0.3 is 18.4 Å². The molecule has 262 valence electrons. The van der Waals surface area contributed by atoms with Gasteiger partial charge in [0.05, 0.1) is 40.9 Å². The number of unbranched alkanes of at least 4 members (excludes halogenated alkanes) is 25. The number of phosphoric ester groups is 1. The summed E-state index contributed by atoms with van der Waals surface area (Å²) in [6, 6.07) is 0. The van der Waals surface area contributed by atoms with Crippen molar-refractivity contribution in [2.45, 2.75) is 201 Å². The van der Waals surface area contributed by atoms with Crippen LogP contribution in [0.5, 0.6) is 0 Å². The van der Waals surface area contributed by atoms with Crippen molar-refractivity contribution in [2.24, 2.45) is 0 Å². The van der Waals surface area contributed by atoms with E-state index >= 15 is 0 Å². The second kappa shape index (κ2) is 34.9. The first-order chi connectivity index (χ1) is 20.7. The van der Waals surface area contributed by atoms with E-state index in [1.807, 2.05) is 0 Å². The van der Waals surface area contributed by atoms with Crippen molar-refractivity contribution in [2.75, 3.05) is 40.9 Å². The van der Waals surface area contributed by atoms with Gasteiger partial charge in [0, 0.05) is 0 Å². The minimum absolute atomic E-state index is 0.259. The van der Waals surface area contributed by atoms with Crippen molar-refractivity contribution in [3.63, 3.8) is 0 Å². The van der Waals surface area contributed by atoms with Crippen LogP contribution >= 0.6 is 7.82 Å². The van der Waals surface area contributed by atoms with Crippen LogP contribution in [0.15, 0.2) is 0 Å². The van der Waals surface area contributed by atoms with E-state index in [2.05, 4.69) is 41.9 Å². The Balaban J connectivity index is 0. The molecule has 0 aliphatic rings. The fourth-order valence-electron chi connectivity index (χ4n) is 5.29. The molecule has 0 heterocycles. The molecule has 0 bridgehead atoms. The molecule has 0 spiro atoms. The summed E-state index contributed by atoms with van der Waals surface area (Å²) >= 11 is 0. The smallest absolute Gasteiger partial charge is 0.267 e. The molecule has 0 aliphatic heterocycles. The zero-order valence-corrected chi connectivity index (χ0v) is 31.3. The molecular weight excluding hydrogens is 553 g/mol. The van der Waals surface area contributed by atoms with Gasteiger partial charge in [-0.1, -0.05) is 175 Å². The van der Waals surface area contributed by atoms with E-state index < -0.39 is 7.82 Å². The third-order valence-electron chi connectivity index (χ3n) is 8.18. The molecule has 0 aromatic heterocycles. The van der Waals surface area contributed by atoms with Crippen molar-refractivity contribution >= 4 is 7.82 Å². The number of nitrogens with zero attached hydrogens (tertiary/aromatic N) is 1. The minimum atomic E-state index is -4.10. The zero-order chi connectivity index (χ0) is 32.3. The van der Waals surface area contributed by atoms with Crippen LogP contribution < -0.4 is 4.89 Å². The van der Waals surface area contributed by atoms with Crippen LogP contribution in [0, 0.1) is 0 Å². The summed E-state index contributed by atoms with van der Waals surface area (Å²) in [5.74, 6) is 0. The average molecular weight is 634 g/mol. The third kappa shape index (κ3) is 44.3. The van der Waals surface area contributed by atoms with Gasteiger partial charge in [-0.25, -0.2) is 0 Å². The number of phosphoric acid groups is 1. The predicted molar refractivity (Wildman–Crippen MR) is 189 cm³/mol. The Bertz CT molecular complexity index is 537. The van der Waals surface area contributed by atoms with E-state index in [9.17, 15) is 9.46 Å². The lowest BCUT2D eigenvalue weighted by Gasteiger charge is -2.23. The predicted octanol–water partition coefficient (Wildman–Crippen LogP) is 12.2. The minimum Gasteiger partial charge on any atom is -0.756 e. The molecule has 0 saturated carbocycles. The fourth-order valence-corrected chi connectivity index (χ4v) is 6.07. The molecule has 0 radical (unpaired) electrons. The third-order valence-corrected chi connectivity index (χ3v) is 9.17. The molecule has 0 atom stereocenters. The van der Waals surface area contributed by atoms with Crippen molar-refractivity contribution in [1.29, 1.82) is 0 Å². The van der Waals surface area contributed by atoms with Crippen LogP contribution in [0.4, 0.5) is 0 Å². The highest BCUT2D eigenvalue weighted by molar-refractivity contribution is 7.45. The molecule has 0 saturated heterocycles. The first kappa shape index (κ1) is 45.2. The summed E-state index contributed by atoms with van der Waals surface area (Å²) in [5, 5.41) is 0. The van der Waals surface area contributed by atoms with Gasteiger partial charge in [-0.3, -0.25) is 4.57 Å². The summed E-state index contributed by atoms with van der Waals surface area (Å²) in [7, 11) is 2.74. The molecular formula is C37H80NO4P. The molecule has 0 aromatic rings. The molecule has 0 fully saturated rings. The van der Waals surface area contributed by atoms with Crippen LogP contribution in [0.2, 0.25) is 0 Å². The van der Waals surface area contributed by atoms with E-state index in [1.165, 1.54) is 161 Å². The highest BCUT2D eigenvalue weighted by atomic mass is 31.2. The van der Waals surface area contributed by atoms with Gasteiger partial charge in [-0.2, -0.15) is 0 Å². The van der Waals surface area contributed by atoms with Gasteiger partial charge in [0.25, 0.3) is 7.82 Å². The Kier molecular flexibility index (Phi) is 36.7. The Morgan fingerprint density at radius 2 is 0.651 bits per heavy atom. The van der Waals surface area contributed by atoms with Crippen molar-refractivity contribution in [3.8, 4) is 0 Å². The summed E-state index contributed by atoms with van der Waals surface area (Å²) < 4.78 is 22.8.